The van der Waals surface area contributed by atoms with Crippen molar-refractivity contribution >= 4 is 5.91 Å². The summed E-state index contributed by atoms with van der Waals surface area (Å²) in [5.74, 6) is 2.24. The van der Waals surface area contributed by atoms with Crippen molar-refractivity contribution in [3.63, 3.8) is 0 Å². The molecule has 0 bridgehead atoms. The van der Waals surface area contributed by atoms with Crippen molar-refractivity contribution in [2.45, 2.75) is 51.0 Å². The molecule has 3 aliphatic rings. The number of hydrogen-bond donors (Lipinski definition) is 0. The predicted molar refractivity (Wildman–Crippen MR) is 135 cm³/mol. The molecule has 1 aromatic heterocycles. The number of imidazole rings is 1. The molecule has 36 heavy (non-hydrogen) atoms. The van der Waals surface area contributed by atoms with Crippen LogP contribution in [0.5, 0.6) is 11.5 Å². The lowest BCUT2D eigenvalue weighted by molar-refractivity contribution is -0.184. The zero-order valence-electron chi connectivity index (χ0n) is 21.1. The van der Waals surface area contributed by atoms with E-state index in [-0.39, 0.29) is 29.6 Å². The van der Waals surface area contributed by atoms with Gasteiger partial charge >= 0.3 is 0 Å². The minimum atomic E-state index is -0.372. The van der Waals surface area contributed by atoms with Gasteiger partial charge in [-0.05, 0) is 56.5 Å². The summed E-state index contributed by atoms with van der Waals surface area (Å²) in [5.41, 5.74) is 2.56. The first-order valence-corrected chi connectivity index (χ1v) is 12.8. The molecule has 7 heteroatoms. The Morgan fingerprint density at radius 2 is 2.11 bits per heavy atom. The van der Waals surface area contributed by atoms with E-state index in [9.17, 15) is 4.79 Å². The van der Waals surface area contributed by atoms with Crippen molar-refractivity contribution in [2.75, 3.05) is 20.2 Å². The smallest absolute Gasteiger partial charge is 0.253 e. The van der Waals surface area contributed by atoms with Crippen LogP contribution in [0.15, 0.2) is 61.2 Å². The SMILES string of the molecule is COc1ccc2c(c1)OC(C)(C)[C@H]1C[C@@H]3CN(C(=O)c4cccc(Cn5ccnc5)c4)CC[C@@H]3O[C@H]21. The number of fused-ring (bicyclic) bond motifs is 4. The molecule has 2 saturated heterocycles. The number of likely N-dealkylation sites (tertiary alicyclic amines) is 1. The van der Waals surface area contributed by atoms with E-state index in [0.29, 0.717) is 25.6 Å². The molecule has 0 radical (unpaired) electrons. The van der Waals surface area contributed by atoms with E-state index in [1.165, 1.54) is 0 Å². The highest BCUT2D eigenvalue weighted by Crippen LogP contribution is 2.53. The number of rotatable bonds is 4. The molecule has 0 saturated carbocycles. The second-order valence-electron chi connectivity index (χ2n) is 10.8. The Hall–Kier alpha value is -3.32. The Labute approximate surface area is 212 Å². The maximum atomic E-state index is 13.5. The van der Waals surface area contributed by atoms with Crippen LogP contribution in [-0.2, 0) is 11.3 Å². The average Bonchev–Trinajstić information content (AvgIpc) is 3.39. The molecular formula is C29H33N3O4. The zero-order valence-corrected chi connectivity index (χ0v) is 21.1. The van der Waals surface area contributed by atoms with Crippen LogP contribution in [0.25, 0.3) is 0 Å². The summed E-state index contributed by atoms with van der Waals surface area (Å²) in [4.78, 5) is 19.6. The van der Waals surface area contributed by atoms with Gasteiger partial charge in [-0.1, -0.05) is 12.1 Å². The van der Waals surface area contributed by atoms with Crippen LogP contribution in [0.2, 0.25) is 0 Å². The van der Waals surface area contributed by atoms with Gasteiger partial charge in [0.15, 0.2) is 0 Å². The number of hydrogen-bond acceptors (Lipinski definition) is 5. The van der Waals surface area contributed by atoms with Crippen LogP contribution in [0, 0.1) is 11.8 Å². The molecular weight excluding hydrogens is 454 g/mol. The number of piperidine rings is 1. The van der Waals surface area contributed by atoms with Crippen molar-refractivity contribution in [3.8, 4) is 11.5 Å². The van der Waals surface area contributed by atoms with E-state index in [2.05, 4.69) is 31.0 Å². The molecule has 0 spiro atoms. The molecule has 4 heterocycles. The van der Waals surface area contributed by atoms with Crippen molar-refractivity contribution in [3.05, 3.63) is 77.9 Å². The Morgan fingerprint density at radius 3 is 2.92 bits per heavy atom. The van der Waals surface area contributed by atoms with Crippen LogP contribution in [0.3, 0.4) is 0 Å². The normalized spacial score (nSPS) is 26.2. The molecule has 4 atom stereocenters. The molecule has 0 unspecified atom stereocenters. The minimum Gasteiger partial charge on any atom is -0.497 e. The Bertz CT molecular complexity index is 1260. The maximum absolute atomic E-state index is 13.5. The minimum absolute atomic E-state index is 0.00184. The lowest BCUT2D eigenvalue weighted by Gasteiger charge is -2.53. The second kappa shape index (κ2) is 8.96. The van der Waals surface area contributed by atoms with E-state index in [1.807, 2.05) is 46.0 Å². The summed E-state index contributed by atoms with van der Waals surface area (Å²) < 4.78 is 20.7. The Kier molecular flexibility index (Phi) is 5.75. The van der Waals surface area contributed by atoms with Gasteiger partial charge in [-0.2, -0.15) is 0 Å². The molecule has 0 aliphatic carbocycles. The van der Waals surface area contributed by atoms with E-state index < -0.39 is 0 Å². The highest BCUT2D eigenvalue weighted by Gasteiger charge is 2.51. The summed E-state index contributed by atoms with van der Waals surface area (Å²) in [6, 6.07) is 14.0. The van der Waals surface area contributed by atoms with E-state index >= 15 is 0 Å². The molecule has 2 aromatic carbocycles. The van der Waals surface area contributed by atoms with Crippen LogP contribution in [0.1, 0.15) is 54.3 Å². The number of benzene rings is 2. The van der Waals surface area contributed by atoms with Crippen LogP contribution in [0.4, 0.5) is 0 Å². The van der Waals surface area contributed by atoms with Gasteiger partial charge in [0.1, 0.15) is 17.1 Å². The summed E-state index contributed by atoms with van der Waals surface area (Å²) in [7, 11) is 1.67. The zero-order chi connectivity index (χ0) is 24.9. The first-order valence-electron chi connectivity index (χ1n) is 12.8. The van der Waals surface area contributed by atoms with Gasteiger partial charge in [0.05, 0.1) is 25.6 Å². The van der Waals surface area contributed by atoms with E-state index in [4.69, 9.17) is 14.2 Å². The molecule has 6 rings (SSSR count). The predicted octanol–water partition coefficient (Wildman–Crippen LogP) is 4.72. The molecule has 7 nitrogen and oxygen atoms in total. The van der Waals surface area contributed by atoms with Gasteiger partial charge in [-0.3, -0.25) is 4.79 Å². The lowest BCUT2D eigenvalue weighted by atomic mass is 9.70. The third kappa shape index (κ3) is 4.15. The second-order valence-corrected chi connectivity index (χ2v) is 10.8. The first-order chi connectivity index (χ1) is 17.4. The molecule has 1 amide bonds. The Balaban J connectivity index is 1.18. The Morgan fingerprint density at radius 1 is 1.22 bits per heavy atom. The highest BCUT2D eigenvalue weighted by atomic mass is 16.5. The van der Waals surface area contributed by atoms with Gasteiger partial charge in [0, 0.05) is 61.1 Å². The number of nitrogens with zero attached hydrogens (tertiary/aromatic N) is 3. The van der Waals surface area contributed by atoms with Gasteiger partial charge < -0.3 is 23.7 Å². The van der Waals surface area contributed by atoms with Gasteiger partial charge in [0.25, 0.3) is 5.91 Å². The van der Waals surface area contributed by atoms with Gasteiger partial charge in [0.2, 0.25) is 0 Å². The number of amides is 1. The van der Waals surface area contributed by atoms with Crippen molar-refractivity contribution in [2.24, 2.45) is 11.8 Å². The van der Waals surface area contributed by atoms with Crippen molar-refractivity contribution in [1.29, 1.82) is 0 Å². The molecule has 2 fully saturated rings. The molecule has 3 aliphatic heterocycles. The molecule has 188 valence electrons. The van der Waals surface area contributed by atoms with Crippen molar-refractivity contribution in [1.82, 2.24) is 14.5 Å². The van der Waals surface area contributed by atoms with Crippen LogP contribution < -0.4 is 9.47 Å². The molecule has 0 N–H and O–H groups in total. The number of carbonyl (C=O) groups excluding carboxylic acids is 1. The summed E-state index contributed by atoms with van der Waals surface area (Å²) in [6.45, 7) is 6.41. The largest absolute Gasteiger partial charge is 0.497 e. The monoisotopic (exact) mass is 487 g/mol. The number of aromatic nitrogens is 2. The number of carbonyl (C=O) groups is 1. The maximum Gasteiger partial charge on any atom is 0.253 e. The summed E-state index contributed by atoms with van der Waals surface area (Å²) >= 11 is 0. The van der Waals surface area contributed by atoms with Gasteiger partial charge in [-0.25, -0.2) is 4.98 Å². The van der Waals surface area contributed by atoms with Crippen molar-refractivity contribution < 1.29 is 19.0 Å². The van der Waals surface area contributed by atoms with Crippen LogP contribution in [-0.4, -0.2) is 52.3 Å². The third-order valence-electron chi connectivity index (χ3n) is 8.09. The number of ether oxygens (including phenoxy) is 3. The summed E-state index contributed by atoms with van der Waals surface area (Å²) in [5, 5.41) is 0. The third-order valence-corrected chi connectivity index (χ3v) is 8.09. The lowest BCUT2D eigenvalue weighted by Crippen LogP contribution is -2.56. The fourth-order valence-corrected chi connectivity index (χ4v) is 6.17. The topological polar surface area (TPSA) is 65.8 Å². The fourth-order valence-electron chi connectivity index (χ4n) is 6.17. The average molecular weight is 488 g/mol. The van der Waals surface area contributed by atoms with E-state index in [1.54, 1.807) is 19.6 Å². The summed E-state index contributed by atoms with van der Waals surface area (Å²) in [6.07, 6.45) is 7.45. The van der Waals surface area contributed by atoms with E-state index in [0.717, 1.165) is 41.0 Å². The van der Waals surface area contributed by atoms with Crippen LogP contribution >= 0.6 is 0 Å². The highest BCUT2D eigenvalue weighted by molar-refractivity contribution is 5.94. The standard InChI is InChI=1S/C29H33N3O4/c1-29(2)24-14-21-17-32(28(33)20-6-4-5-19(13-20)16-31-12-10-30-18-31)11-9-25(21)35-27(24)23-8-7-22(34-3)15-26(23)36-29/h4-8,10,12-13,15,18,21,24-25,27H,9,11,14,16-17H2,1-3H3/t21-,24+,25+,27-/m1/s1. The quantitative estimate of drug-likeness (QED) is 0.533. The first kappa shape index (κ1) is 23.1. The molecule has 3 aromatic rings. The number of methoxy groups -OCH3 is 1. The van der Waals surface area contributed by atoms with Gasteiger partial charge in [-0.15, -0.1) is 0 Å². The fraction of sp³-hybridized carbons (Fsp3) is 0.448.